The summed E-state index contributed by atoms with van der Waals surface area (Å²) >= 11 is 0. The van der Waals surface area contributed by atoms with Crippen LogP contribution in [0.15, 0.2) is 36.9 Å². The molecular formula is C18H25N3O. The molecule has 0 saturated carbocycles. The number of benzene rings is 1. The third kappa shape index (κ3) is 3.57. The molecule has 1 N–H and O–H groups in total. The minimum absolute atomic E-state index is 0.400. The molecule has 1 aliphatic heterocycles. The van der Waals surface area contributed by atoms with Gasteiger partial charge in [0.05, 0.1) is 12.4 Å². The van der Waals surface area contributed by atoms with E-state index in [0.29, 0.717) is 6.04 Å². The molecule has 0 spiro atoms. The summed E-state index contributed by atoms with van der Waals surface area (Å²) in [6.45, 7) is 6.95. The van der Waals surface area contributed by atoms with Crippen LogP contribution in [0, 0.1) is 13.8 Å². The number of aromatic nitrogens is 2. The van der Waals surface area contributed by atoms with Gasteiger partial charge in [0, 0.05) is 38.1 Å². The van der Waals surface area contributed by atoms with Crippen LogP contribution in [0.5, 0.6) is 0 Å². The van der Waals surface area contributed by atoms with Gasteiger partial charge in [0.15, 0.2) is 0 Å². The van der Waals surface area contributed by atoms with Crippen LogP contribution >= 0.6 is 0 Å². The largest absolute Gasteiger partial charge is 0.387 e. The number of likely N-dealkylation sites (tertiary alicyclic amines) is 1. The Labute approximate surface area is 132 Å². The first-order valence-corrected chi connectivity index (χ1v) is 8.08. The summed E-state index contributed by atoms with van der Waals surface area (Å²) in [5.41, 5.74) is 3.47. The van der Waals surface area contributed by atoms with E-state index < -0.39 is 6.10 Å². The minimum Gasteiger partial charge on any atom is -0.387 e. The molecule has 1 aromatic carbocycles. The van der Waals surface area contributed by atoms with Crippen molar-refractivity contribution >= 4 is 0 Å². The maximum Gasteiger partial charge on any atom is 0.0948 e. The van der Waals surface area contributed by atoms with Crippen molar-refractivity contribution in [1.82, 2.24) is 14.5 Å². The van der Waals surface area contributed by atoms with Gasteiger partial charge in [0.1, 0.15) is 0 Å². The van der Waals surface area contributed by atoms with Gasteiger partial charge in [-0.3, -0.25) is 0 Å². The van der Waals surface area contributed by atoms with Crippen molar-refractivity contribution in [2.45, 2.75) is 38.8 Å². The van der Waals surface area contributed by atoms with Gasteiger partial charge < -0.3 is 14.6 Å². The summed E-state index contributed by atoms with van der Waals surface area (Å²) in [4.78, 5) is 6.50. The molecular weight excluding hydrogens is 274 g/mol. The summed E-state index contributed by atoms with van der Waals surface area (Å²) < 4.78 is 2.21. The van der Waals surface area contributed by atoms with E-state index in [1.807, 2.05) is 18.7 Å². The first-order valence-electron chi connectivity index (χ1n) is 8.08. The van der Waals surface area contributed by atoms with Gasteiger partial charge in [-0.1, -0.05) is 29.3 Å². The molecule has 0 aliphatic carbocycles. The van der Waals surface area contributed by atoms with Crippen LogP contribution in [-0.4, -0.2) is 39.2 Å². The molecule has 4 nitrogen and oxygen atoms in total. The number of hydrogen-bond donors (Lipinski definition) is 1. The normalized spacial score (nSPS) is 18.5. The zero-order chi connectivity index (χ0) is 15.5. The number of aliphatic hydroxyl groups is 1. The number of piperidine rings is 1. The van der Waals surface area contributed by atoms with Crippen molar-refractivity contribution in [3.8, 4) is 0 Å². The highest BCUT2D eigenvalue weighted by molar-refractivity contribution is 5.30. The van der Waals surface area contributed by atoms with Crippen molar-refractivity contribution in [3.63, 3.8) is 0 Å². The first kappa shape index (κ1) is 15.3. The van der Waals surface area contributed by atoms with Crippen LogP contribution in [-0.2, 0) is 0 Å². The lowest BCUT2D eigenvalue weighted by Gasteiger charge is -2.33. The molecule has 0 amide bonds. The third-order valence-corrected chi connectivity index (χ3v) is 4.56. The number of hydrogen-bond acceptors (Lipinski definition) is 3. The zero-order valence-corrected chi connectivity index (χ0v) is 13.4. The second-order valence-corrected chi connectivity index (χ2v) is 6.48. The molecule has 1 aromatic heterocycles. The lowest BCUT2D eigenvalue weighted by atomic mass is 10.0. The van der Waals surface area contributed by atoms with Gasteiger partial charge in [0.25, 0.3) is 0 Å². The molecule has 3 rings (SSSR count). The number of rotatable bonds is 4. The van der Waals surface area contributed by atoms with E-state index in [2.05, 4.69) is 46.5 Å². The van der Waals surface area contributed by atoms with Crippen molar-refractivity contribution in [1.29, 1.82) is 0 Å². The number of aliphatic hydroxyl groups excluding tert-OH is 1. The lowest BCUT2D eigenvalue weighted by molar-refractivity contribution is 0.0905. The molecule has 1 fully saturated rings. The Kier molecular flexibility index (Phi) is 4.60. The van der Waals surface area contributed by atoms with Crippen LogP contribution in [0.25, 0.3) is 0 Å². The molecule has 1 aliphatic rings. The molecule has 1 atom stereocenters. The Hall–Kier alpha value is -1.65. The highest BCUT2D eigenvalue weighted by Crippen LogP contribution is 2.24. The number of β-amino-alcohol motifs (C(OH)–C–C–N with tert-alkyl or cyclic N) is 1. The topological polar surface area (TPSA) is 41.3 Å². The summed E-state index contributed by atoms with van der Waals surface area (Å²) in [5.74, 6) is 0. The maximum absolute atomic E-state index is 10.5. The monoisotopic (exact) mass is 299 g/mol. The molecule has 2 aromatic rings. The van der Waals surface area contributed by atoms with E-state index >= 15 is 0 Å². The number of imidazole rings is 1. The van der Waals surface area contributed by atoms with Crippen LogP contribution in [0.4, 0.5) is 0 Å². The van der Waals surface area contributed by atoms with Gasteiger partial charge in [-0.15, -0.1) is 0 Å². The van der Waals surface area contributed by atoms with Crippen molar-refractivity contribution in [2.75, 3.05) is 19.6 Å². The van der Waals surface area contributed by atoms with Gasteiger partial charge in [0.2, 0.25) is 0 Å². The predicted octanol–water partition coefficient (Wildman–Crippen LogP) is 2.87. The highest BCUT2D eigenvalue weighted by Gasteiger charge is 2.22. The fraction of sp³-hybridized carbons (Fsp3) is 0.500. The predicted molar refractivity (Wildman–Crippen MR) is 87.8 cm³/mol. The van der Waals surface area contributed by atoms with Gasteiger partial charge >= 0.3 is 0 Å². The zero-order valence-electron chi connectivity index (χ0n) is 13.4. The fourth-order valence-corrected chi connectivity index (χ4v) is 3.44. The Morgan fingerprint density at radius 1 is 1.18 bits per heavy atom. The van der Waals surface area contributed by atoms with Crippen LogP contribution in [0.1, 0.15) is 41.7 Å². The van der Waals surface area contributed by atoms with E-state index in [-0.39, 0.29) is 0 Å². The maximum atomic E-state index is 10.5. The van der Waals surface area contributed by atoms with E-state index in [4.69, 9.17) is 0 Å². The van der Waals surface area contributed by atoms with Crippen LogP contribution in [0.3, 0.4) is 0 Å². The lowest BCUT2D eigenvalue weighted by Crippen LogP contribution is -2.37. The van der Waals surface area contributed by atoms with Crippen molar-refractivity contribution in [2.24, 2.45) is 0 Å². The van der Waals surface area contributed by atoms with E-state index in [1.165, 1.54) is 11.1 Å². The summed E-state index contributed by atoms with van der Waals surface area (Å²) in [6, 6.07) is 6.88. The van der Waals surface area contributed by atoms with E-state index in [9.17, 15) is 5.11 Å². The van der Waals surface area contributed by atoms with Crippen LogP contribution < -0.4 is 0 Å². The van der Waals surface area contributed by atoms with Gasteiger partial charge in [-0.25, -0.2) is 4.98 Å². The SMILES string of the molecule is Cc1cc(C)cc(C(O)CN2CCC(n3ccnc3)CC2)c1. The molecule has 1 unspecified atom stereocenters. The molecule has 0 bridgehead atoms. The van der Waals surface area contributed by atoms with Gasteiger partial charge in [-0.2, -0.15) is 0 Å². The summed E-state index contributed by atoms with van der Waals surface area (Å²) in [6.07, 6.45) is 7.64. The molecule has 4 heteroatoms. The first-order chi connectivity index (χ1) is 10.6. The smallest absolute Gasteiger partial charge is 0.0948 e. The molecule has 0 radical (unpaired) electrons. The molecule has 1 saturated heterocycles. The molecule has 22 heavy (non-hydrogen) atoms. The minimum atomic E-state index is -0.400. The van der Waals surface area contributed by atoms with Crippen molar-refractivity contribution in [3.05, 3.63) is 53.6 Å². The third-order valence-electron chi connectivity index (χ3n) is 4.56. The number of nitrogens with zero attached hydrogens (tertiary/aromatic N) is 3. The summed E-state index contributed by atoms with van der Waals surface area (Å²) in [5, 5.41) is 10.5. The Morgan fingerprint density at radius 3 is 2.45 bits per heavy atom. The Balaban J connectivity index is 1.56. The Morgan fingerprint density at radius 2 is 1.86 bits per heavy atom. The Bertz CT molecular complexity index is 581. The average molecular weight is 299 g/mol. The van der Waals surface area contributed by atoms with Gasteiger partial charge in [-0.05, 0) is 32.3 Å². The molecule has 118 valence electrons. The van der Waals surface area contributed by atoms with Crippen molar-refractivity contribution < 1.29 is 5.11 Å². The molecule has 2 heterocycles. The quantitative estimate of drug-likeness (QED) is 0.944. The highest BCUT2D eigenvalue weighted by atomic mass is 16.3. The second kappa shape index (κ2) is 6.63. The summed E-state index contributed by atoms with van der Waals surface area (Å²) in [7, 11) is 0. The second-order valence-electron chi connectivity index (χ2n) is 6.48. The van der Waals surface area contributed by atoms with Crippen LogP contribution in [0.2, 0.25) is 0 Å². The van der Waals surface area contributed by atoms with E-state index in [1.54, 1.807) is 0 Å². The number of aryl methyl sites for hydroxylation is 2. The van der Waals surface area contributed by atoms with E-state index in [0.717, 1.165) is 38.0 Å². The standard InChI is InChI=1S/C18H25N3O/c1-14-9-15(2)11-16(10-14)18(22)12-20-6-3-17(4-7-20)21-8-5-19-13-21/h5,8-11,13,17-18,22H,3-4,6-7,12H2,1-2H3. The average Bonchev–Trinajstić information content (AvgIpc) is 3.01. The fourth-order valence-electron chi connectivity index (χ4n) is 3.44.